The van der Waals surface area contributed by atoms with Crippen LogP contribution < -0.4 is 0 Å². The molecule has 0 saturated carbocycles. The van der Waals surface area contributed by atoms with Crippen LogP contribution in [0, 0.1) is 5.41 Å². The van der Waals surface area contributed by atoms with Crippen molar-refractivity contribution >= 4 is 11.8 Å². The number of aliphatic imine (C=N–C) groups is 2. The Bertz CT molecular complexity index is 1970. The first-order valence-electron chi connectivity index (χ1n) is 20.6. The summed E-state index contributed by atoms with van der Waals surface area (Å²) in [7, 11) is 0. The lowest BCUT2D eigenvalue weighted by Gasteiger charge is -2.36. The van der Waals surface area contributed by atoms with Gasteiger partial charge in [0.15, 0.2) is 0 Å². The Morgan fingerprint density at radius 3 is 1.13 bits per heavy atom. The van der Waals surface area contributed by atoms with Crippen LogP contribution in [0.4, 0.5) is 0 Å². The van der Waals surface area contributed by atoms with E-state index in [9.17, 15) is 0 Å². The maximum atomic E-state index is 7.26. The lowest BCUT2D eigenvalue weighted by Crippen LogP contribution is -2.45. The summed E-state index contributed by atoms with van der Waals surface area (Å²) < 4.78 is 14.5. The first-order chi connectivity index (χ1) is 25.7. The molecule has 2 heterocycles. The largest absolute Gasteiger partial charge is 0.474 e. The molecule has 0 fully saturated rings. The normalized spacial score (nSPS) is 22.0. The highest BCUT2D eigenvalue weighted by atomic mass is 16.5. The number of hydrogen-bond acceptors (Lipinski definition) is 4. The molecule has 288 valence electrons. The highest BCUT2D eigenvalue weighted by Gasteiger charge is 2.55. The van der Waals surface area contributed by atoms with Crippen molar-refractivity contribution in [1.29, 1.82) is 0 Å². The molecule has 4 aliphatic rings. The van der Waals surface area contributed by atoms with E-state index >= 15 is 0 Å². The fourth-order valence-electron chi connectivity index (χ4n) is 9.14. The lowest BCUT2D eigenvalue weighted by molar-refractivity contribution is 0.162. The van der Waals surface area contributed by atoms with E-state index in [2.05, 4.69) is 168 Å². The number of nitrogens with zero attached hydrogens (tertiary/aromatic N) is 2. The van der Waals surface area contributed by atoms with Gasteiger partial charge in [0.05, 0.1) is 0 Å². The maximum Gasteiger partial charge on any atom is 0.201 e. The molecule has 0 unspecified atom stereocenters. The molecule has 55 heavy (non-hydrogen) atoms. The smallest absolute Gasteiger partial charge is 0.201 e. The summed E-state index contributed by atoms with van der Waals surface area (Å²) in [6.45, 7) is 27.9. The molecule has 2 aliphatic carbocycles. The van der Waals surface area contributed by atoms with Crippen molar-refractivity contribution in [1.82, 2.24) is 0 Å². The second kappa shape index (κ2) is 12.9. The Kier molecular flexibility index (Phi) is 8.87. The minimum Gasteiger partial charge on any atom is -0.474 e. The quantitative estimate of drug-likeness (QED) is 0.198. The van der Waals surface area contributed by atoms with Crippen LogP contribution in [0.15, 0.2) is 94.9 Å². The van der Waals surface area contributed by atoms with Gasteiger partial charge in [-0.2, -0.15) is 0 Å². The zero-order valence-electron chi connectivity index (χ0n) is 35.4. The monoisotopic (exact) mass is 734 g/mol. The zero-order valence-corrected chi connectivity index (χ0v) is 35.4. The maximum absolute atomic E-state index is 7.26. The van der Waals surface area contributed by atoms with Crippen LogP contribution in [0.25, 0.3) is 0 Å². The number of benzene rings is 4. The first kappa shape index (κ1) is 37.7. The zero-order chi connectivity index (χ0) is 39.3. The summed E-state index contributed by atoms with van der Waals surface area (Å²) in [6.07, 6.45) is 2.99. The van der Waals surface area contributed by atoms with Gasteiger partial charge in [-0.1, -0.05) is 168 Å². The van der Waals surface area contributed by atoms with Gasteiger partial charge in [0.1, 0.15) is 29.7 Å². The third-order valence-electron chi connectivity index (χ3n) is 12.6. The van der Waals surface area contributed by atoms with Crippen LogP contribution in [0.2, 0.25) is 0 Å². The summed E-state index contributed by atoms with van der Waals surface area (Å²) in [6, 6.07) is 32.0. The van der Waals surface area contributed by atoms with Gasteiger partial charge in [0, 0.05) is 12.8 Å². The average Bonchev–Trinajstić information content (AvgIpc) is 3.86. The van der Waals surface area contributed by atoms with E-state index in [0.29, 0.717) is 12.8 Å². The molecule has 2 aliphatic heterocycles. The molecule has 4 nitrogen and oxygen atoms in total. The van der Waals surface area contributed by atoms with Gasteiger partial charge in [-0.15, -0.1) is 0 Å². The van der Waals surface area contributed by atoms with E-state index in [1.54, 1.807) is 0 Å². The molecule has 0 bridgehead atoms. The summed E-state index contributed by atoms with van der Waals surface area (Å²) in [5.74, 6) is 1.56. The van der Waals surface area contributed by atoms with Crippen molar-refractivity contribution in [3.63, 3.8) is 0 Å². The Morgan fingerprint density at radius 2 is 0.800 bits per heavy atom. The van der Waals surface area contributed by atoms with Crippen molar-refractivity contribution in [3.8, 4) is 0 Å². The van der Waals surface area contributed by atoms with E-state index in [4.69, 9.17) is 19.5 Å². The summed E-state index contributed by atoms with van der Waals surface area (Å²) in [4.78, 5) is 11.3. The summed E-state index contributed by atoms with van der Waals surface area (Å²) in [5.41, 5.74) is 12.3. The van der Waals surface area contributed by atoms with Crippen LogP contribution >= 0.6 is 0 Å². The van der Waals surface area contributed by atoms with Crippen LogP contribution in [0.1, 0.15) is 151 Å². The number of ether oxygens (including phenoxy) is 2. The SMILES string of the molecule is CC(C)(C)c1cc(CC(Cc2cc(C(C)(C)C)cc(C(C)(C)C)c2)(C2=N[C@H]3c4ccccc4C[C@H]3O2)C2=N[C@H]3c4ccccc4C[C@H]3O2)cc(C(C)(C)C)c1. The van der Waals surface area contributed by atoms with Crippen LogP contribution in [-0.4, -0.2) is 24.0 Å². The van der Waals surface area contributed by atoms with Crippen LogP contribution in [0.3, 0.4) is 0 Å². The number of hydrogen-bond donors (Lipinski definition) is 0. The van der Waals surface area contributed by atoms with Crippen LogP contribution in [0.5, 0.6) is 0 Å². The van der Waals surface area contributed by atoms with Gasteiger partial charge >= 0.3 is 0 Å². The standard InChI is InChI=1S/C51H62N2O2/c1-47(2,3)35-21-31(22-36(27-35)48(4,5)6)29-51(45-52-43-39-19-15-13-17-33(39)25-41(43)54-45,46-53-44-40-20-16-14-18-34(40)26-42(44)55-46)30-32-23-37(49(7,8)9)28-38(24-32)50(10,11)12/h13-24,27-28,41-44H,25-26,29-30H2,1-12H3/t41-,42-,43+,44+/m1/s1. The lowest BCUT2D eigenvalue weighted by atomic mass is 9.71. The molecule has 4 heteroatoms. The second-order valence-corrected chi connectivity index (χ2v) is 21.1. The first-order valence-corrected chi connectivity index (χ1v) is 20.6. The van der Waals surface area contributed by atoms with E-state index in [1.807, 2.05) is 0 Å². The van der Waals surface area contributed by atoms with Gasteiger partial charge in [-0.3, -0.25) is 0 Å². The third-order valence-corrected chi connectivity index (χ3v) is 12.6. The molecular formula is C51H62N2O2. The summed E-state index contributed by atoms with van der Waals surface area (Å²) >= 11 is 0. The Balaban J connectivity index is 1.38. The van der Waals surface area contributed by atoms with Crippen LogP contribution in [-0.2, 0) is 56.8 Å². The minimum atomic E-state index is -0.768. The van der Waals surface area contributed by atoms with Gasteiger partial charge in [0.2, 0.25) is 11.8 Å². The fraction of sp³-hybridized carbons (Fsp3) is 0.490. The minimum absolute atomic E-state index is 0.0223. The van der Waals surface area contributed by atoms with Crippen molar-refractivity contribution in [2.45, 2.75) is 155 Å². The van der Waals surface area contributed by atoms with Crippen molar-refractivity contribution in [2.75, 3.05) is 0 Å². The molecule has 0 radical (unpaired) electrons. The molecular weight excluding hydrogens is 673 g/mol. The molecule has 0 amide bonds. The van der Waals surface area contributed by atoms with E-state index in [0.717, 1.165) is 24.6 Å². The number of fused-ring (bicyclic) bond motifs is 6. The molecule has 0 spiro atoms. The van der Waals surface area contributed by atoms with Gasteiger partial charge in [-0.05, 0) is 90.1 Å². The number of rotatable bonds is 6. The second-order valence-electron chi connectivity index (χ2n) is 21.1. The van der Waals surface area contributed by atoms with E-state index < -0.39 is 5.41 Å². The van der Waals surface area contributed by atoms with Gasteiger partial charge in [0.25, 0.3) is 0 Å². The van der Waals surface area contributed by atoms with E-state index in [-0.39, 0.29) is 46.0 Å². The topological polar surface area (TPSA) is 43.2 Å². The predicted octanol–water partition coefficient (Wildman–Crippen LogP) is 11.8. The van der Waals surface area contributed by atoms with Crippen molar-refractivity contribution in [2.24, 2.45) is 15.4 Å². The third kappa shape index (κ3) is 6.97. The highest BCUT2D eigenvalue weighted by Crippen LogP contribution is 2.50. The molecule has 4 aromatic rings. The highest BCUT2D eigenvalue weighted by molar-refractivity contribution is 6.07. The molecule has 4 aromatic carbocycles. The van der Waals surface area contributed by atoms with Gasteiger partial charge < -0.3 is 9.47 Å². The molecule has 0 N–H and O–H groups in total. The average molecular weight is 735 g/mol. The van der Waals surface area contributed by atoms with E-state index in [1.165, 1.54) is 55.6 Å². The Labute approximate surface area is 330 Å². The molecule has 0 saturated heterocycles. The molecule has 8 rings (SSSR count). The molecule has 0 aromatic heterocycles. The predicted molar refractivity (Wildman–Crippen MR) is 228 cm³/mol. The van der Waals surface area contributed by atoms with Crippen molar-refractivity contribution < 1.29 is 9.47 Å². The Hall–Kier alpha value is -4.18. The fourth-order valence-corrected chi connectivity index (χ4v) is 9.14. The van der Waals surface area contributed by atoms with Gasteiger partial charge in [-0.25, -0.2) is 9.98 Å². The Morgan fingerprint density at radius 1 is 0.473 bits per heavy atom. The molecule has 4 atom stereocenters. The summed E-state index contributed by atoms with van der Waals surface area (Å²) in [5, 5.41) is 0. The van der Waals surface area contributed by atoms with Crippen molar-refractivity contribution in [3.05, 3.63) is 141 Å².